The Balaban J connectivity index is 0. The van der Waals surface area contributed by atoms with E-state index in [0.717, 1.165) is 0 Å². The molecule has 0 fully saturated rings. The lowest BCUT2D eigenvalue weighted by atomic mass is 10.5. The Morgan fingerprint density at radius 1 is 0.722 bits per heavy atom. The molecule has 0 spiro atoms. The molecule has 0 aromatic carbocycles. The first-order chi connectivity index (χ1) is 8.18. The molecule has 0 aliphatic rings. The molecule has 0 unspecified atom stereocenters. The van der Waals surface area contributed by atoms with Gasteiger partial charge in [-0.2, -0.15) is 0 Å². The van der Waals surface area contributed by atoms with Gasteiger partial charge >= 0.3 is 11.9 Å². The van der Waals surface area contributed by atoms with Crippen molar-refractivity contribution < 1.29 is 29.4 Å². The Bertz CT molecular complexity index is 385. The van der Waals surface area contributed by atoms with E-state index in [4.69, 9.17) is 10.2 Å². The third-order valence-corrected chi connectivity index (χ3v) is 4.77. The van der Waals surface area contributed by atoms with Gasteiger partial charge in [-0.25, -0.2) is 9.59 Å². The molecule has 2 N–H and O–H groups in total. The fourth-order valence-electron chi connectivity index (χ4n) is 0.308. The minimum Gasteiger partial charge on any atom is -0.477 e. The number of aliphatic carboxylic acids is 2. The number of allylic oxidation sites excluding steroid dienone is 2. The fourth-order valence-corrected chi connectivity index (χ4v) is 0.834. The number of aldehydes is 2. The number of carbonyl (C=O) groups excluding carboxylic acids is 2. The van der Waals surface area contributed by atoms with Gasteiger partial charge in [0, 0.05) is 0 Å². The zero-order valence-electron chi connectivity index (χ0n) is 8.19. The van der Waals surface area contributed by atoms with Gasteiger partial charge in [0.25, 0.3) is 0 Å². The Kier molecular flexibility index (Phi) is 11.8. The summed E-state index contributed by atoms with van der Waals surface area (Å²) in [6, 6.07) is 0. The average molecular weight is 516 g/mol. The van der Waals surface area contributed by atoms with Crippen molar-refractivity contribution in [2.24, 2.45) is 0 Å². The number of hydrogen-bond donors (Lipinski definition) is 2. The number of hydrogen-bond acceptors (Lipinski definition) is 4. The predicted molar refractivity (Wildman–Crippen MR) is 77.2 cm³/mol. The second kappa shape index (κ2) is 10.6. The molecule has 0 bridgehead atoms. The third-order valence-electron chi connectivity index (χ3n) is 1.00. The molecule has 0 rings (SSSR count). The fraction of sp³-hybridized carbons (Fsp3) is 0. The van der Waals surface area contributed by atoms with Crippen LogP contribution in [0.3, 0.4) is 0 Å². The molecule has 0 atom stereocenters. The molecule has 100 valence electrons. The van der Waals surface area contributed by atoms with Gasteiger partial charge < -0.3 is 10.2 Å². The summed E-state index contributed by atoms with van der Waals surface area (Å²) >= 11 is 10.8. The van der Waals surface area contributed by atoms with Crippen LogP contribution in [0, 0.1) is 0 Å². The van der Waals surface area contributed by atoms with Crippen molar-refractivity contribution in [3.63, 3.8) is 0 Å². The number of halogens is 4. The normalized spacial score (nSPS) is 12.2. The summed E-state index contributed by atoms with van der Waals surface area (Å²) in [6.07, 6.45) is 0.802. The summed E-state index contributed by atoms with van der Waals surface area (Å²) < 4.78 is -0.347. The standard InChI is InChI=1S/2C4H2Br2O3/c2*5-2(1-7)3(6)4(8)9/h2*1H,(H,8,9). The van der Waals surface area contributed by atoms with Crippen LogP contribution in [-0.2, 0) is 19.2 Å². The highest BCUT2D eigenvalue weighted by Gasteiger charge is 2.07. The second-order valence-electron chi connectivity index (χ2n) is 2.17. The quantitative estimate of drug-likeness (QED) is 0.440. The summed E-state index contributed by atoms with van der Waals surface area (Å²) in [4.78, 5) is 39.7. The largest absolute Gasteiger partial charge is 0.477 e. The molecule has 0 amide bonds. The monoisotopic (exact) mass is 512 g/mol. The molecule has 0 aliphatic heterocycles. The Morgan fingerprint density at radius 3 is 1.00 bits per heavy atom. The van der Waals surface area contributed by atoms with Crippen molar-refractivity contribution in [2.45, 2.75) is 0 Å². The molecule has 0 aromatic rings. The van der Waals surface area contributed by atoms with Gasteiger partial charge in [-0.3, -0.25) is 9.59 Å². The van der Waals surface area contributed by atoms with Crippen LogP contribution in [0.25, 0.3) is 0 Å². The lowest BCUT2D eigenvalue weighted by molar-refractivity contribution is -0.132. The lowest BCUT2D eigenvalue weighted by Crippen LogP contribution is -1.95. The molecule has 18 heavy (non-hydrogen) atoms. The number of carbonyl (C=O) groups is 4. The summed E-state index contributed by atoms with van der Waals surface area (Å²) in [5, 5.41) is 16.4. The van der Waals surface area contributed by atoms with Crippen molar-refractivity contribution in [1.29, 1.82) is 0 Å². The van der Waals surface area contributed by atoms with Gasteiger partial charge in [-0.1, -0.05) is 0 Å². The molecular formula is C8H4Br4O6. The van der Waals surface area contributed by atoms with E-state index in [9.17, 15) is 19.2 Å². The molecule has 0 aromatic heterocycles. The van der Waals surface area contributed by atoms with Gasteiger partial charge in [0.2, 0.25) is 0 Å². The smallest absolute Gasteiger partial charge is 0.344 e. The van der Waals surface area contributed by atoms with Crippen LogP contribution in [0.15, 0.2) is 17.9 Å². The van der Waals surface area contributed by atoms with Crippen LogP contribution in [0.5, 0.6) is 0 Å². The van der Waals surface area contributed by atoms with E-state index in [1.165, 1.54) is 0 Å². The molecule has 0 radical (unpaired) electrons. The molecule has 0 saturated carbocycles. The molecule has 0 saturated heterocycles. The number of carboxylic acids is 2. The van der Waals surface area contributed by atoms with E-state index in [1.54, 1.807) is 0 Å². The van der Waals surface area contributed by atoms with Gasteiger partial charge in [0.15, 0.2) is 12.6 Å². The van der Waals surface area contributed by atoms with E-state index >= 15 is 0 Å². The first-order valence-electron chi connectivity index (χ1n) is 3.66. The molecule has 0 heterocycles. The zero-order chi connectivity index (χ0) is 14.9. The molecule has 0 aliphatic carbocycles. The van der Waals surface area contributed by atoms with Crippen molar-refractivity contribution >= 4 is 88.2 Å². The van der Waals surface area contributed by atoms with Gasteiger partial charge in [0.05, 0.1) is 8.96 Å². The molecule has 10 heteroatoms. The number of carboxylic acid groups (broad SMARTS) is 2. The highest BCUT2D eigenvalue weighted by Crippen LogP contribution is 2.15. The van der Waals surface area contributed by atoms with Gasteiger partial charge in [0.1, 0.15) is 8.96 Å². The van der Waals surface area contributed by atoms with E-state index in [0.29, 0.717) is 12.6 Å². The Morgan fingerprint density at radius 2 is 0.944 bits per heavy atom. The highest BCUT2D eigenvalue weighted by atomic mass is 79.9. The first kappa shape index (κ1) is 20.0. The topological polar surface area (TPSA) is 109 Å². The van der Waals surface area contributed by atoms with Gasteiger partial charge in [-0.05, 0) is 63.7 Å². The van der Waals surface area contributed by atoms with Crippen LogP contribution < -0.4 is 0 Å². The van der Waals surface area contributed by atoms with Crippen LogP contribution >= 0.6 is 63.7 Å². The predicted octanol–water partition coefficient (Wildman–Crippen LogP) is 2.54. The maximum Gasteiger partial charge on any atom is 0.344 e. The first-order valence-corrected chi connectivity index (χ1v) is 6.83. The maximum atomic E-state index is 10.0. The summed E-state index contributed by atoms with van der Waals surface area (Å²) in [7, 11) is 0. The minimum absolute atomic E-state index is 0.00463. The van der Waals surface area contributed by atoms with E-state index in [1.807, 2.05) is 0 Å². The maximum absolute atomic E-state index is 10.0. The summed E-state index contributed by atoms with van der Waals surface area (Å²) in [5.41, 5.74) is 0. The summed E-state index contributed by atoms with van der Waals surface area (Å²) in [6.45, 7) is 0. The minimum atomic E-state index is -1.17. The SMILES string of the molecule is O=CC(Br)=C(Br)C(=O)O.O=CC(Br)=C(Br)C(=O)O. The molecular weight excluding hydrogens is 512 g/mol. The van der Waals surface area contributed by atoms with Crippen molar-refractivity contribution in [1.82, 2.24) is 0 Å². The average Bonchev–Trinajstić information content (AvgIpc) is 2.35. The van der Waals surface area contributed by atoms with Crippen molar-refractivity contribution in [3.05, 3.63) is 17.9 Å². The Hall–Kier alpha value is -0.320. The van der Waals surface area contributed by atoms with Crippen LogP contribution in [0.1, 0.15) is 0 Å². The highest BCUT2D eigenvalue weighted by molar-refractivity contribution is 9.15. The third kappa shape index (κ3) is 8.72. The van der Waals surface area contributed by atoms with Gasteiger partial charge in [-0.15, -0.1) is 0 Å². The van der Waals surface area contributed by atoms with Crippen LogP contribution in [0.4, 0.5) is 0 Å². The van der Waals surface area contributed by atoms with E-state index in [-0.39, 0.29) is 17.9 Å². The van der Waals surface area contributed by atoms with Crippen LogP contribution in [-0.4, -0.2) is 34.7 Å². The van der Waals surface area contributed by atoms with Crippen molar-refractivity contribution in [2.75, 3.05) is 0 Å². The number of rotatable bonds is 4. The molecule has 6 nitrogen and oxygen atoms in total. The second-order valence-corrected chi connectivity index (χ2v) is 5.46. The van der Waals surface area contributed by atoms with Crippen LogP contribution in [0.2, 0.25) is 0 Å². The summed E-state index contributed by atoms with van der Waals surface area (Å²) in [5.74, 6) is -2.34. The van der Waals surface area contributed by atoms with E-state index in [2.05, 4.69) is 63.7 Å². The Labute approximate surface area is 135 Å². The van der Waals surface area contributed by atoms with Crippen molar-refractivity contribution in [3.8, 4) is 0 Å². The zero-order valence-corrected chi connectivity index (χ0v) is 14.5. The lowest BCUT2D eigenvalue weighted by Gasteiger charge is -1.87. The van der Waals surface area contributed by atoms with E-state index < -0.39 is 11.9 Å².